The van der Waals surface area contributed by atoms with Crippen LogP contribution in [0.1, 0.15) is 15.9 Å². The maximum atomic E-state index is 12.8. The van der Waals surface area contributed by atoms with Gasteiger partial charge in [-0.05, 0) is 52.7 Å². The number of aromatic nitrogens is 2. The predicted molar refractivity (Wildman–Crippen MR) is 136 cm³/mol. The molecule has 5 rings (SSSR count). The Kier molecular flexibility index (Phi) is 5.67. The summed E-state index contributed by atoms with van der Waals surface area (Å²) >= 11 is 0. The molecule has 0 fully saturated rings. The third-order valence-electron chi connectivity index (χ3n) is 5.73. The van der Waals surface area contributed by atoms with Gasteiger partial charge >= 0.3 is 5.69 Å². The van der Waals surface area contributed by atoms with Gasteiger partial charge in [0.15, 0.2) is 5.78 Å². The van der Waals surface area contributed by atoms with Crippen molar-refractivity contribution in [2.24, 2.45) is 0 Å². The lowest BCUT2D eigenvalue weighted by atomic mass is 10.1. The highest BCUT2D eigenvalue weighted by molar-refractivity contribution is 6.07. The first kappa shape index (κ1) is 21.2. The fraction of sp³-hybridized carbons (Fsp3) is 0.0345. The number of allylic oxidation sites excluding steroid dienone is 1. The number of H-pyrrole nitrogens is 1. The Hall–Kier alpha value is -4.64. The summed E-state index contributed by atoms with van der Waals surface area (Å²) in [4.78, 5) is 28.4. The van der Waals surface area contributed by atoms with Crippen LogP contribution in [0.2, 0.25) is 0 Å². The minimum absolute atomic E-state index is 0.143. The van der Waals surface area contributed by atoms with Crippen LogP contribution in [0.3, 0.4) is 0 Å². The van der Waals surface area contributed by atoms with E-state index in [1.165, 1.54) is 10.6 Å². The van der Waals surface area contributed by atoms with E-state index in [2.05, 4.69) is 17.1 Å². The molecule has 0 atom stereocenters. The minimum atomic E-state index is -0.262. The van der Waals surface area contributed by atoms with Gasteiger partial charge in [0.1, 0.15) is 5.75 Å². The number of nitrogens with one attached hydrogen (secondary N) is 1. The summed E-state index contributed by atoms with van der Waals surface area (Å²) in [7, 11) is 1.61. The summed E-state index contributed by atoms with van der Waals surface area (Å²) < 4.78 is 6.68. The lowest BCUT2D eigenvalue weighted by molar-refractivity contribution is 0.104. The molecule has 0 saturated carbocycles. The second-order valence-electron chi connectivity index (χ2n) is 7.93. The number of carbonyl (C=O) groups is 1. The van der Waals surface area contributed by atoms with Gasteiger partial charge in [0, 0.05) is 17.3 Å². The van der Waals surface area contributed by atoms with Gasteiger partial charge in [-0.2, -0.15) is 0 Å². The summed E-state index contributed by atoms with van der Waals surface area (Å²) in [6.45, 7) is 0. The lowest BCUT2D eigenvalue weighted by Gasteiger charge is -2.04. The number of nitrogens with zero attached hydrogens (tertiary/aromatic N) is 1. The van der Waals surface area contributed by atoms with E-state index in [0.29, 0.717) is 16.9 Å². The number of methoxy groups -OCH3 is 1. The molecule has 34 heavy (non-hydrogen) atoms. The van der Waals surface area contributed by atoms with Gasteiger partial charge in [0.05, 0.1) is 18.5 Å². The zero-order valence-electron chi connectivity index (χ0n) is 18.6. The zero-order chi connectivity index (χ0) is 23.5. The van der Waals surface area contributed by atoms with Crippen molar-refractivity contribution in [1.29, 1.82) is 0 Å². The quantitative estimate of drug-likeness (QED) is 0.261. The van der Waals surface area contributed by atoms with E-state index in [0.717, 1.165) is 27.6 Å². The van der Waals surface area contributed by atoms with Crippen LogP contribution in [0.25, 0.3) is 33.8 Å². The molecule has 166 valence electrons. The van der Waals surface area contributed by atoms with Gasteiger partial charge in [0.2, 0.25) is 0 Å². The third-order valence-corrected chi connectivity index (χ3v) is 5.73. The Morgan fingerprint density at radius 1 is 0.882 bits per heavy atom. The van der Waals surface area contributed by atoms with Crippen molar-refractivity contribution in [3.8, 4) is 22.7 Å². The highest BCUT2D eigenvalue weighted by atomic mass is 16.5. The average Bonchev–Trinajstić information content (AvgIpc) is 3.29. The molecule has 0 spiro atoms. The maximum Gasteiger partial charge on any atom is 0.330 e. The van der Waals surface area contributed by atoms with Crippen molar-refractivity contribution in [3.63, 3.8) is 0 Å². The monoisotopic (exact) mass is 446 g/mol. The van der Waals surface area contributed by atoms with Crippen molar-refractivity contribution in [2.45, 2.75) is 0 Å². The number of carbonyl (C=O) groups excluding carboxylic acids is 1. The molecule has 0 aliphatic rings. The van der Waals surface area contributed by atoms with E-state index in [1.807, 2.05) is 60.7 Å². The van der Waals surface area contributed by atoms with Crippen molar-refractivity contribution in [2.75, 3.05) is 7.11 Å². The molecule has 0 aliphatic heterocycles. The van der Waals surface area contributed by atoms with Crippen molar-refractivity contribution >= 4 is 22.6 Å². The molecule has 1 heterocycles. The Morgan fingerprint density at radius 2 is 1.68 bits per heavy atom. The molecule has 0 saturated heterocycles. The van der Waals surface area contributed by atoms with Crippen molar-refractivity contribution < 1.29 is 9.53 Å². The molecule has 4 aromatic carbocycles. The molecule has 1 N–H and O–H groups in total. The van der Waals surface area contributed by atoms with Crippen LogP contribution in [0.15, 0.2) is 108 Å². The SMILES string of the molecule is COc1ccc(/C=C/C(=O)c2cccc(-n3cc(-c4ccc5ccccc5c4)[nH]c3=O)c2)cc1. The van der Waals surface area contributed by atoms with Crippen LogP contribution in [0, 0.1) is 0 Å². The molecule has 5 aromatic rings. The largest absolute Gasteiger partial charge is 0.497 e. The Labute approximate surface area is 196 Å². The zero-order valence-corrected chi connectivity index (χ0v) is 18.6. The van der Waals surface area contributed by atoms with E-state index >= 15 is 0 Å². The second-order valence-corrected chi connectivity index (χ2v) is 7.93. The van der Waals surface area contributed by atoms with Gasteiger partial charge in [0.25, 0.3) is 0 Å². The molecule has 0 unspecified atom stereocenters. The van der Waals surface area contributed by atoms with Crippen LogP contribution in [-0.4, -0.2) is 22.4 Å². The first-order valence-electron chi connectivity index (χ1n) is 10.9. The number of fused-ring (bicyclic) bond motifs is 1. The number of hydrogen-bond acceptors (Lipinski definition) is 3. The summed E-state index contributed by atoms with van der Waals surface area (Å²) in [6, 6.07) is 28.7. The Bertz CT molecular complexity index is 1570. The van der Waals surface area contributed by atoms with Crippen LogP contribution in [0.4, 0.5) is 0 Å². The van der Waals surface area contributed by atoms with Crippen molar-refractivity contribution in [3.05, 3.63) is 125 Å². The summed E-state index contributed by atoms with van der Waals surface area (Å²) in [5.74, 6) is 0.618. The van der Waals surface area contributed by atoms with Crippen LogP contribution >= 0.6 is 0 Å². The first-order valence-corrected chi connectivity index (χ1v) is 10.9. The number of benzene rings is 4. The summed E-state index contributed by atoms with van der Waals surface area (Å²) in [6.07, 6.45) is 5.05. The van der Waals surface area contributed by atoms with Crippen LogP contribution in [-0.2, 0) is 0 Å². The highest BCUT2D eigenvalue weighted by Gasteiger charge is 2.10. The molecule has 5 nitrogen and oxygen atoms in total. The van der Waals surface area contributed by atoms with Gasteiger partial charge in [-0.15, -0.1) is 0 Å². The Balaban J connectivity index is 1.41. The van der Waals surface area contributed by atoms with E-state index in [-0.39, 0.29) is 11.5 Å². The van der Waals surface area contributed by atoms with Gasteiger partial charge in [-0.3, -0.25) is 9.36 Å². The van der Waals surface area contributed by atoms with E-state index < -0.39 is 0 Å². The van der Waals surface area contributed by atoms with E-state index in [1.54, 1.807) is 37.6 Å². The number of aromatic amines is 1. The molecule has 0 aliphatic carbocycles. The smallest absolute Gasteiger partial charge is 0.330 e. The van der Waals surface area contributed by atoms with Gasteiger partial charge in [-0.25, -0.2) is 4.79 Å². The molecule has 0 amide bonds. The summed E-state index contributed by atoms with van der Waals surface area (Å²) in [5.41, 5.74) is 3.39. The average molecular weight is 447 g/mol. The third kappa shape index (κ3) is 4.32. The number of ether oxygens (including phenoxy) is 1. The fourth-order valence-corrected chi connectivity index (χ4v) is 3.88. The summed E-state index contributed by atoms with van der Waals surface area (Å²) in [5, 5.41) is 2.24. The normalized spacial score (nSPS) is 11.2. The molecular weight excluding hydrogens is 424 g/mol. The van der Waals surface area contributed by atoms with E-state index in [9.17, 15) is 9.59 Å². The molecule has 0 radical (unpaired) electrons. The van der Waals surface area contributed by atoms with Crippen LogP contribution in [0.5, 0.6) is 5.75 Å². The predicted octanol–water partition coefficient (Wildman–Crippen LogP) is 5.89. The van der Waals surface area contributed by atoms with Gasteiger partial charge in [-0.1, -0.05) is 66.7 Å². The Morgan fingerprint density at radius 3 is 2.47 bits per heavy atom. The highest BCUT2D eigenvalue weighted by Crippen LogP contribution is 2.23. The lowest BCUT2D eigenvalue weighted by Crippen LogP contribution is -2.14. The second kappa shape index (κ2) is 9.08. The van der Waals surface area contributed by atoms with Crippen molar-refractivity contribution in [1.82, 2.24) is 9.55 Å². The first-order chi connectivity index (χ1) is 16.6. The van der Waals surface area contributed by atoms with Crippen LogP contribution < -0.4 is 10.4 Å². The maximum absolute atomic E-state index is 12.8. The van der Waals surface area contributed by atoms with E-state index in [4.69, 9.17) is 4.74 Å². The number of ketones is 1. The molecule has 0 bridgehead atoms. The standard InChI is InChI=1S/C29H22N2O3/c1-34-26-14-9-20(10-15-26)11-16-28(32)24-7-4-8-25(18-24)31-19-27(30-29(31)33)23-13-12-21-5-2-3-6-22(21)17-23/h2-19H,1H3,(H,30,33)/b16-11+. The topological polar surface area (TPSA) is 64.1 Å². The molecular formula is C29H22N2O3. The minimum Gasteiger partial charge on any atom is -0.497 e. The number of imidazole rings is 1. The molecule has 1 aromatic heterocycles. The number of hydrogen-bond donors (Lipinski definition) is 1. The van der Waals surface area contributed by atoms with Gasteiger partial charge < -0.3 is 9.72 Å². The number of rotatable bonds is 6. The fourth-order valence-electron chi connectivity index (χ4n) is 3.88. The molecule has 5 heteroatoms.